The Morgan fingerprint density at radius 3 is 1.77 bits per heavy atom. The summed E-state index contributed by atoms with van der Waals surface area (Å²) in [6.07, 6.45) is -3.36. The van der Waals surface area contributed by atoms with Gasteiger partial charge in [-0.3, -0.25) is 4.72 Å². The van der Waals surface area contributed by atoms with Crippen LogP contribution in [0.15, 0.2) is 48.5 Å². The lowest BCUT2D eigenvalue weighted by atomic mass is 10.2. The molecule has 0 bridgehead atoms. The van der Waals surface area contributed by atoms with Crippen LogP contribution in [0, 0.1) is 0 Å². The fraction of sp³-hybridized carbons (Fsp3) is 0.143. The molecular weight excluding hydrogens is 319 g/mol. The molecule has 2 rings (SSSR count). The Labute approximate surface area is 125 Å². The Morgan fingerprint density at radius 1 is 0.909 bits per heavy atom. The second-order valence-electron chi connectivity index (χ2n) is 4.52. The van der Waals surface area contributed by atoms with Gasteiger partial charge in [0, 0.05) is 5.69 Å². The van der Waals surface area contributed by atoms with E-state index in [2.05, 4.69) is 4.72 Å². The summed E-state index contributed by atoms with van der Waals surface area (Å²) >= 11 is 0. The molecule has 0 radical (unpaired) electrons. The minimum Gasteiger partial charge on any atom is -0.457 e. The number of ether oxygens (including phenoxy) is 1. The number of alkyl halides is 3. The number of halogens is 3. The van der Waals surface area contributed by atoms with E-state index in [1.54, 1.807) is 0 Å². The molecule has 0 spiro atoms. The Morgan fingerprint density at radius 2 is 1.36 bits per heavy atom. The number of hydrogen-bond acceptors (Lipinski definition) is 3. The molecule has 2 aromatic rings. The smallest absolute Gasteiger partial charge is 0.416 e. The van der Waals surface area contributed by atoms with Gasteiger partial charge in [0.2, 0.25) is 10.0 Å². The minimum atomic E-state index is -4.39. The lowest BCUT2D eigenvalue weighted by molar-refractivity contribution is -0.137. The third-order valence-electron chi connectivity index (χ3n) is 2.57. The molecule has 0 atom stereocenters. The minimum absolute atomic E-state index is 0.247. The highest BCUT2D eigenvalue weighted by molar-refractivity contribution is 7.92. The van der Waals surface area contributed by atoms with E-state index < -0.39 is 21.8 Å². The normalized spacial score (nSPS) is 12.0. The zero-order valence-corrected chi connectivity index (χ0v) is 12.2. The van der Waals surface area contributed by atoms with Gasteiger partial charge < -0.3 is 4.74 Å². The van der Waals surface area contributed by atoms with Crippen LogP contribution in [0.4, 0.5) is 18.9 Å². The molecule has 0 unspecified atom stereocenters. The van der Waals surface area contributed by atoms with Gasteiger partial charge in [-0.05, 0) is 48.5 Å². The van der Waals surface area contributed by atoms with Crippen molar-refractivity contribution in [3.63, 3.8) is 0 Å². The summed E-state index contributed by atoms with van der Waals surface area (Å²) < 4.78 is 67.1. The quantitative estimate of drug-likeness (QED) is 0.925. The highest BCUT2D eigenvalue weighted by atomic mass is 32.2. The lowest BCUT2D eigenvalue weighted by Crippen LogP contribution is -2.09. The van der Waals surface area contributed by atoms with Gasteiger partial charge >= 0.3 is 6.18 Å². The molecule has 22 heavy (non-hydrogen) atoms. The van der Waals surface area contributed by atoms with Crippen molar-refractivity contribution in [1.29, 1.82) is 0 Å². The van der Waals surface area contributed by atoms with Crippen molar-refractivity contribution < 1.29 is 26.3 Å². The lowest BCUT2D eigenvalue weighted by Gasteiger charge is -2.09. The largest absolute Gasteiger partial charge is 0.457 e. The van der Waals surface area contributed by atoms with Gasteiger partial charge in [0.15, 0.2) is 0 Å². The van der Waals surface area contributed by atoms with E-state index >= 15 is 0 Å². The van der Waals surface area contributed by atoms with Crippen LogP contribution in [0.25, 0.3) is 0 Å². The molecule has 0 heterocycles. The van der Waals surface area contributed by atoms with Crippen molar-refractivity contribution in [1.82, 2.24) is 0 Å². The molecule has 8 heteroatoms. The molecule has 4 nitrogen and oxygen atoms in total. The summed E-state index contributed by atoms with van der Waals surface area (Å²) in [6.45, 7) is 0. The molecule has 0 saturated carbocycles. The molecule has 0 aliphatic rings. The molecule has 0 saturated heterocycles. The predicted molar refractivity (Wildman–Crippen MR) is 76.4 cm³/mol. The maximum absolute atomic E-state index is 12.4. The average molecular weight is 331 g/mol. The first-order valence-electron chi connectivity index (χ1n) is 6.06. The molecule has 118 valence electrons. The van der Waals surface area contributed by atoms with Gasteiger partial charge in [0.05, 0.1) is 11.8 Å². The number of sulfonamides is 1. The van der Waals surface area contributed by atoms with E-state index in [0.29, 0.717) is 11.4 Å². The molecule has 2 aromatic carbocycles. The van der Waals surface area contributed by atoms with Crippen molar-refractivity contribution >= 4 is 15.7 Å². The number of rotatable bonds is 4. The number of nitrogens with one attached hydrogen (secondary N) is 1. The van der Waals surface area contributed by atoms with E-state index in [1.165, 1.54) is 36.4 Å². The van der Waals surface area contributed by atoms with Crippen LogP contribution >= 0.6 is 0 Å². The average Bonchev–Trinajstić information content (AvgIpc) is 2.39. The third-order valence-corrected chi connectivity index (χ3v) is 3.18. The van der Waals surface area contributed by atoms with Crippen LogP contribution in [0.2, 0.25) is 0 Å². The van der Waals surface area contributed by atoms with E-state index in [0.717, 1.165) is 18.4 Å². The van der Waals surface area contributed by atoms with Gasteiger partial charge in [-0.15, -0.1) is 0 Å². The predicted octanol–water partition coefficient (Wildman–Crippen LogP) is 3.87. The standard InChI is InChI=1S/C14H12F3NO3S/c1-22(19,20)18-11-4-8-13(9-5-11)21-12-6-2-10(3-7-12)14(15,16)17/h2-9,18H,1H3. The van der Waals surface area contributed by atoms with Gasteiger partial charge in [0.25, 0.3) is 0 Å². The van der Waals surface area contributed by atoms with Crippen molar-refractivity contribution in [3.05, 3.63) is 54.1 Å². The molecule has 0 aromatic heterocycles. The van der Waals surface area contributed by atoms with E-state index in [4.69, 9.17) is 4.74 Å². The summed E-state index contributed by atoms with van der Waals surface area (Å²) in [5, 5.41) is 0. The number of benzene rings is 2. The van der Waals surface area contributed by atoms with E-state index in [9.17, 15) is 21.6 Å². The van der Waals surface area contributed by atoms with Gasteiger partial charge in [0.1, 0.15) is 11.5 Å². The fourth-order valence-electron chi connectivity index (χ4n) is 1.65. The second kappa shape index (κ2) is 5.88. The third kappa shape index (κ3) is 4.66. The van der Waals surface area contributed by atoms with Crippen molar-refractivity contribution in [2.45, 2.75) is 6.18 Å². The Kier molecular flexibility index (Phi) is 4.32. The van der Waals surface area contributed by atoms with E-state index in [1.807, 2.05) is 0 Å². The summed E-state index contributed by atoms with van der Waals surface area (Å²) in [5.74, 6) is 0.621. The summed E-state index contributed by atoms with van der Waals surface area (Å²) in [6, 6.07) is 10.3. The van der Waals surface area contributed by atoms with Crippen molar-refractivity contribution in [2.75, 3.05) is 11.0 Å². The first kappa shape index (κ1) is 16.2. The molecule has 0 amide bonds. The molecule has 0 aliphatic heterocycles. The number of anilines is 1. The molecule has 0 aliphatic carbocycles. The maximum Gasteiger partial charge on any atom is 0.416 e. The highest BCUT2D eigenvalue weighted by Crippen LogP contribution is 2.31. The topological polar surface area (TPSA) is 55.4 Å². The van der Waals surface area contributed by atoms with Crippen LogP contribution in [-0.4, -0.2) is 14.7 Å². The highest BCUT2D eigenvalue weighted by Gasteiger charge is 2.30. The SMILES string of the molecule is CS(=O)(=O)Nc1ccc(Oc2ccc(C(F)(F)F)cc2)cc1. The van der Waals surface area contributed by atoms with Crippen LogP contribution in [0.1, 0.15) is 5.56 Å². The fourth-order valence-corrected chi connectivity index (χ4v) is 2.22. The van der Waals surface area contributed by atoms with Crippen LogP contribution in [-0.2, 0) is 16.2 Å². The van der Waals surface area contributed by atoms with Crippen molar-refractivity contribution in [3.8, 4) is 11.5 Å². The van der Waals surface area contributed by atoms with Crippen LogP contribution in [0.5, 0.6) is 11.5 Å². The van der Waals surface area contributed by atoms with E-state index in [-0.39, 0.29) is 5.75 Å². The summed E-state index contributed by atoms with van der Waals surface area (Å²) in [4.78, 5) is 0. The first-order valence-corrected chi connectivity index (χ1v) is 7.96. The Balaban J connectivity index is 2.08. The number of hydrogen-bond donors (Lipinski definition) is 1. The second-order valence-corrected chi connectivity index (χ2v) is 6.27. The maximum atomic E-state index is 12.4. The van der Waals surface area contributed by atoms with Gasteiger partial charge in [-0.25, -0.2) is 8.42 Å². The first-order chi connectivity index (χ1) is 10.1. The monoisotopic (exact) mass is 331 g/mol. The van der Waals surface area contributed by atoms with Crippen LogP contribution in [0.3, 0.4) is 0 Å². The zero-order chi connectivity index (χ0) is 16.4. The zero-order valence-electron chi connectivity index (χ0n) is 11.4. The summed E-state index contributed by atoms with van der Waals surface area (Å²) in [7, 11) is -3.37. The van der Waals surface area contributed by atoms with Gasteiger partial charge in [-0.1, -0.05) is 0 Å². The Hall–Kier alpha value is -2.22. The molecule has 0 fully saturated rings. The van der Waals surface area contributed by atoms with Crippen LogP contribution < -0.4 is 9.46 Å². The summed E-state index contributed by atoms with van der Waals surface area (Å²) in [5.41, 5.74) is -0.394. The molecule has 1 N–H and O–H groups in total. The van der Waals surface area contributed by atoms with Gasteiger partial charge in [-0.2, -0.15) is 13.2 Å². The van der Waals surface area contributed by atoms with Crippen molar-refractivity contribution in [2.24, 2.45) is 0 Å². The molecular formula is C14H12F3NO3S. The Bertz CT molecular complexity index is 738.